The minimum absolute atomic E-state index is 0.703. The van der Waals surface area contributed by atoms with Gasteiger partial charge in [0.2, 0.25) is 0 Å². The second-order valence-electron chi connectivity index (χ2n) is 6.06. The second kappa shape index (κ2) is 8.35. The fourth-order valence-corrected chi connectivity index (χ4v) is 2.82. The van der Waals surface area contributed by atoms with Gasteiger partial charge in [-0.15, -0.1) is 0 Å². The van der Waals surface area contributed by atoms with Gasteiger partial charge in [0, 0.05) is 6.42 Å². The largest absolute Gasteiger partial charge is 0.493 e. The lowest BCUT2D eigenvalue weighted by Crippen LogP contribution is -2.01. The third-order valence-electron chi connectivity index (χ3n) is 4.18. The van der Waals surface area contributed by atoms with Gasteiger partial charge in [-0.2, -0.15) is 0 Å². The average Bonchev–Trinajstić information content (AvgIpc) is 2.64. The van der Waals surface area contributed by atoms with Gasteiger partial charge in [0.25, 0.3) is 0 Å². The normalized spacial score (nSPS) is 10.5. The lowest BCUT2D eigenvalue weighted by atomic mass is 10.0. The maximum atomic E-state index is 5.76. The number of ether oxygens (including phenoxy) is 1. The molecule has 0 unspecified atom stereocenters. The third-order valence-corrected chi connectivity index (χ3v) is 4.18. The van der Waals surface area contributed by atoms with Crippen LogP contribution < -0.4 is 4.74 Å². The van der Waals surface area contributed by atoms with E-state index in [9.17, 15) is 0 Å². The van der Waals surface area contributed by atoms with Crippen LogP contribution in [-0.2, 0) is 12.8 Å². The van der Waals surface area contributed by atoms with Gasteiger partial charge in [0.1, 0.15) is 5.75 Å². The van der Waals surface area contributed by atoms with Crippen LogP contribution >= 0.6 is 0 Å². The second-order valence-corrected chi connectivity index (χ2v) is 6.06. The molecule has 0 spiro atoms. The van der Waals surface area contributed by atoms with E-state index >= 15 is 0 Å². The Kier molecular flexibility index (Phi) is 5.68. The SMILES string of the molecule is CCCc1ccc(-c2ccc(CCOc3ccccc3)cc2)cc1. The Balaban J connectivity index is 1.56. The molecule has 3 aromatic rings. The highest BCUT2D eigenvalue weighted by molar-refractivity contribution is 5.64. The maximum Gasteiger partial charge on any atom is 0.119 e. The van der Waals surface area contributed by atoms with Crippen LogP contribution in [0.4, 0.5) is 0 Å². The van der Waals surface area contributed by atoms with Crippen LogP contribution in [0.15, 0.2) is 78.9 Å². The smallest absolute Gasteiger partial charge is 0.119 e. The van der Waals surface area contributed by atoms with Crippen molar-refractivity contribution < 1.29 is 4.74 Å². The van der Waals surface area contributed by atoms with Crippen LogP contribution in [0, 0.1) is 0 Å². The molecule has 0 aromatic heterocycles. The molecule has 0 atom stereocenters. The molecule has 0 aliphatic rings. The van der Waals surface area contributed by atoms with Crippen molar-refractivity contribution in [2.24, 2.45) is 0 Å². The predicted octanol–water partition coefficient (Wildman–Crippen LogP) is 5.93. The van der Waals surface area contributed by atoms with Gasteiger partial charge < -0.3 is 4.74 Å². The number of aryl methyl sites for hydroxylation is 1. The molecule has 1 heteroatoms. The van der Waals surface area contributed by atoms with Crippen LogP contribution in [0.5, 0.6) is 5.75 Å². The van der Waals surface area contributed by atoms with Gasteiger partial charge in [-0.05, 0) is 40.8 Å². The Hall–Kier alpha value is -2.54. The molecular weight excluding hydrogens is 292 g/mol. The number of hydrogen-bond acceptors (Lipinski definition) is 1. The van der Waals surface area contributed by atoms with Gasteiger partial charge >= 0.3 is 0 Å². The summed E-state index contributed by atoms with van der Waals surface area (Å²) in [4.78, 5) is 0. The molecule has 0 bridgehead atoms. The van der Waals surface area contributed by atoms with E-state index < -0.39 is 0 Å². The molecule has 122 valence electrons. The van der Waals surface area contributed by atoms with E-state index in [1.54, 1.807) is 0 Å². The van der Waals surface area contributed by atoms with Crippen LogP contribution in [0.25, 0.3) is 11.1 Å². The fraction of sp³-hybridized carbons (Fsp3) is 0.217. The molecular formula is C23H24O. The Morgan fingerprint density at radius 2 is 1.17 bits per heavy atom. The molecule has 24 heavy (non-hydrogen) atoms. The lowest BCUT2D eigenvalue weighted by molar-refractivity contribution is 0.322. The average molecular weight is 316 g/mol. The van der Waals surface area contributed by atoms with Crippen molar-refractivity contribution in [2.45, 2.75) is 26.2 Å². The quantitative estimate of drug-likeness (QED) is 0.525. The highest BCUT2D eigenvalue weighted by Gasteiger charge is 2.00. The van der Waals surface area contributed by atoms with Crippen LogP contribution in [-0.4, -0.2) is 6.61 Å². The lowest BCUT2D eigenvalue weighted by Gasteiger charge is -2.08. The van der Waals surface area contributed by atoms with E-state index in [1.807, 2.05) is 30.3 Å². The molecule has 0 N–H and O–H groups in total. The Morgan fingerprint density at radius 3 is 1.71 bits per heavy atom. The highest BCUT2D eigenvalue weighted by Crippen LogP contribution is 2.21. The zero-order chi connectivity index (χ0) is 16.6. The minimum atomic E-state index is 0.703. The Labute approximate surface area is 144 Å². The van der Waals surface area contributed by atoms with Gasteiger partial charge in [0.15, 0.2) is 0 Å². The van der Waals surface area contributed by atoms with Gasteiger partial charge in [-0.1, -0.05) is 80.1 Å². The van der Waals surface area contributed by atoms with E-state index in [0.717, 1.165) is 18.6 Å². The van der Waals surface area contributed by atoms with Crippen molar-refractivity contribution >= 4 is 0 Å². The summed E-state index contributed by atoms with van der Waals surface area (Å²) in [6, 6.07) is 27.7. The molecule has 0 fully saturated rings. The topological polar surface area (TPSA) is 9.23 Å². The third kappa shape index (κ3) is 4.48. The number of rotatable bonds is 7. The standard InChI is InChI=1S/C23H24O/c1-2-6-19-9-13-21(14-10-19)22-15-11-20(12-16-22)17-18-24-23-7-4-3-5-8-23/h3-5,7-16H,2,6,17-18H2,1H3. The molecule has 3 aromatic carbocycles. The zero-order valence-corrected chi connectivity index (χ0v) is 14.2. The predicted molar refractivity (Wildman–Crippen MR) is 102 cm³/mol. The van der Waals surface area contributed by atoms with Crippen LogP contribution in [0.2, 0.25) is 0 Å². The summed E-state index contributed by atoms with van der Waals surface area (Å²) >= 11 is 0. The maximum absolute atomic E-state index is 5.76. The summed E-state index contributed by atoms with van der Waals surface area (Å²) in [5.41, 5.74) is 5.26. The molecule has 0 heterocycles. The molecule has 0 aliphatic heterocycles. The van der Waals surface area contributed by atoms with Gasteiger partial charge in [-0.25, -0.2) is 0 Å². The first kappa shape index (κ1) is 16.3. The molecule has 0 radical (unpaired) electrons. The monoisotopic (exact) mass is 316 g/mol. The highest BCUT2D eigenvalue weighted by atomic mass is 16.5. The van der Waals surface area contributed by atoms with E-state index in [0.29, 0.717) is 6.61 Å². The molecule has 1 nitrogen and oxygen atoms in total. The number of para-hydroxylation sites is 1. The number of benzene rings is 3. The summed E-state index contributed by atoms with van der Waals surface area (Å²) in [5, 5.41) is 0. The summed E-state index contributed by atoms with van der Waals surface area (Å²) in [7, 11) is 0. The van der Waals surface area contributed by atoms with Crippen molar-refractivity contribution in [3.63, 3.8) is 0 Å². The van der Waals surface area contributed by atoms with Crippen molar-refractivity contribution in [1.29, 1.82) is 0 Å². The fourth-order valence-electron chi connectivity index (χ4n) is 2.82. The molecule has 0 aliphatic carbocycles. The summed E-state index contributed by atoms with van der Waals surface area (Å²) in [5.74, 6) is 0.932. The summed E-state index contributed by atoms with van der Waals surface area (Å²) in [6.07, 6.45) is 3.27. The minimum Gasteiger partial charge on any atom is -0.493 e. The van der Waals surface area contributed by atoms with E-state index in [4.69, 9.17) is 4.74 Å². The van der Waals surface area contributed by atoms with Gasteiger partial charge in [0.05, 0.1) is 6.61 Å². The van der Waals surface area contributed by atoms with E-state index in [2.05, 4.69) is 55.5 Å². The van der Waals surface area contributed by atoms with Crippen molar-refractivity contribution in [3.05, 3.63) is 90.0 Å². The first-order valence-corrected chi connectivity index (χ1v) is 8.71. The molecule has 0 amide bonds. The van der Waals surface area contributed by atoms with Crippen molar-refractivity contribution in [2.75, 3.05) is 6.61 Å². The van der Waals surface area contributed by atoms with Crippen LogP contribution in [0.3, 0.4) is 0 Å². The first-order valence-electron chi connectivity index (χ1n) is 8.71. The molecule has 0 saturated heterocycles. The van der Waals surface area contributed by atoms with E-state index in [1.165, 1.54) is 28.7 Å². The van der Waals surface area contributed by atoms with Crippen molar-refractivity contribution in [1.82, 2.24) is 0 Å². The Morgan fingerprint density at radius 1 is 0.625 bits per heavy atom. The first-order chi connectivity index (χ1) is 11.8. The summed E-state index contributed by atoms with van der Waals surface area (Å²) < 4.78 is 5.76. The van der Waals surface area contributed by atoms with Crippen molar-refractivity contribution in [3.8, 4) is 16.9 Å². The molecule has 3 rings (SSSR count). The van der Waals surface area contributed by atoms with E-state index in [-0.39, 0.29) is 0 Å². The summed E-state index contributed by atoms with van der Waals surface area (Å²) in [6.45, 7) is 2.92. The van der Waals surface area contributed by atoms with Gasteiger partial charge in [-0.3, -0.25) is 0 Å². The molecule has 0 saturated carbocycles. The van der Waals surface area contributed by atoms with Crippen LogP contribution in [0.1, 0.15) is 24.5 Å². The number of hydrogen-bond donors (Lipinski definition) is 0. The Bertz CT molecular complexity index is 727. The zero-order valence-electron chi connectivity index (χ0n) is 14.2.